The van der Waals surface area contributed by atoms with E-state index in [9.17, 15) is 8.42 Å². The summed E-state index contributed by atoms with van der Waals surface area (Å²) in [5.74, 6) is 0.211. The zero-order chi connectivity index (χ0) is 14.7. The summed E-state index contributed by atoms with van der Waals surface area (Å²) in [7, 11) is -2.96. The third-order valence-corrected chi connectivity index (χ3v) is 5.53. The van der Waals surface area contributed by atoms with Crippen molar-refractivity contribution >= 4 is 9.84 Å². The maximum atomic E-state index is 11.5. The molecule has 0 saturated carbocycles. The second-order valence-corrected chi connectivity index (χ2v) is 7.92. The van der Waals surface area contributed by atoms with Gasteiger partial charge in [-0.3, -0.25) is 4.90 Å². The smallest absolute Gasteiger partial charge is 0.173 e. The molecule has 0 amide bonds. The highest BCUT2D eigenvalue weighted by Gasteiger charge is 2.26. The van der Waals surface area contributed by atoms with Crippen molar-refractivity contribution in [3.05, 3.63) is 47.4 Å². The number of rotatable bonds is 4. The standard InChI is InChI=1S/C16H22N2O2S/c19-21(20)10-8-16(13-21)17-15-7-4-9-18(12-15)11-14-5-2-1-3-6-14/h1-3,5-6,8,10,15-17H,4,7,9,11-13H2. The Morgan fingerprint density at radius 1 is 1.24 bits per heavy atom. The maximum absolute atomic E-state index is 11.5. The molecule has 1 fully saturated rings. The highest BCUT2D eigenvalue weighted by Crippen LogP contribution is 2.16. The Bertz CT molecular complexity index is 598. The summed E-state index contributed by atoms with van der Waals surface area (Å²) in [5.41, 5.74) is 1.33. The fraction of sp³-hybridized carbons (Fsp3) is 0.500. The van der Waals surface area contributed by atoms with Crippen LogP contribution < -0.4 is 5.32 Å². The van der Waals surface area contributed by atoms with Gasteiger partial charge < -0.3 is 5.32 Å². The third-order valence-electron chi connectivity index (χ3n) is 4.13. The Morgan fingerprint density at radius 2 is 2.05 bits per heavy atom. The molecule has 0 aliphatic carbocycles. The van der Waals surface area contributed by atoms with Crippen LogP contribution in [0.5, 0.6) is 0 Å². The van der Waals surface area contributed by atoms with Crippen LogP contribution in [0.15, 0.2) is 41.8 Å². The van der Waals surface area contributed by atoms with Gasteiger partial charge in [0.25, 0.3) is 0 Å². The number of piperidine rings is 1. The predicted molar refractivity (Wildman–Crippen MR) is 84.6 cm³/mol. The van der Waals surface area contributed by atoms with Crippen LogP contribution in [0.3, 0.4) is 0 Å². The van der Waals surface area contributed by atoms with E-state index in [1.165, 1.54) is 11.0 Å². The zero-order valence-electron chi connectivity index (χ0n) is 12.1. The van der Waals surface area contributed by atoms with Crippen molar-refractivity contribution in [1.29, 1.82) is 0 Å². The molecule has 0 spiro atoms. The molecule has 3 rings (SSSR count). The summed E-state index contributed by atoms with van der Waals surface area (Å²) in [4.78, 5) is 2.45. The normalized spacial score (nSPS) is 28.8. The van der Waals surface area contributed by atoms with Gasteiger partial charge in [0.15, 0.2) is 9.84 Å². The second kappa shape index (κ2) is 6.30. The summed E-state index contributed by atoms with van der Waals surface area (Å²) < 4.78 is 22.9. The fourth-order valence-corrected chi connectivity index (χ4v) is 4.41. The first kappa shape index (κ1) is 14.8. The topological polar surface area (TPSA) is 49.4 Å². The molecular weight excluding hydrogens is 284 g/mol. The van der Waals surface area contributed by atoms with Crippen molar-refractivity contribution in [2.24, 2.45) is 0 Å². The van der Waals surface area contributed by atoms with E-state index in [1.807, 2.05) is 6.07 Å². The van der Waals surface area contributed by atoms with Crippen molar-refractivity contribution in [1.82, 2.24) is 10.2 Å². The van der Waals surface area contributed by atoms with Gasteiger partial charge in [0, 0.05) is 30.6 Å². The van der Waals surface area contributed by atoms with Crippen LogP contribution in [0.2, 0.25) is 0 Å². The molecular formula is C16H22N2O2S. The first-order chi connectivity index (χ1) is 10.1. The molecule has 1 aromatic carbocycles. The van der Waals surface area contributed by atoms with E-state index in [4.69, 9.17) is 0 Å². The van der Waals surface area contributed by atoms with Crippen molar-refractivity contribution in [3.8, 4) is 0 Å². The zero-order valence-corrected chi connectivity index (χ0v) is 12.9. The fourth-order valence-electron chi connectivity index (χ4n) is 3.16. The Hall–Kier alpha value is -1.17. The maximum Gasteiger partial charge on any atom is 0.173 e. The quantitative estimate of drug-likeness (QED) is 0.917. The van der Waals surface area contributed by atoms with Gasteiger partial charge in [0.05, 0.1) is 5.75 Å². The van der Waals surface area contributed by atoms with Gasteiger partial charge in [-0.15, -0.1) is 0 Å². The Labute approximate surface area is 126 Å². The minimum Gasteiger partial charge on any atom is -0.305 e. The number of nitrogens with one attached hydrogen (secondary N) is 1. The van der Waals surface area contributed by atoms with Gasteiger partial charge in [0.1, 0.15) is 0 Å². The lowest BCUT2D eigenvalue weighted by Gasteiger charge is -2.34. The number of sulfone groups is 1. The first-order valence-corrected chi connectivity index (χ1v) is 9.25. The van der Waals surface area contributed by atoms with Gasteiger partial charge in [0.2, 0.25) is 0 Å². The van der Waals surface area contributed by atoms with Gasteiger partial charge >= 0.3 is 0 Å². The largest absolute Gasteiger partial charge is 0.305 e. The van der Waals surface area contributed by atoms with Crippen molar-refractivity contribution in [2.75, 3.05) is 18.8 Å². The number of likely N-dealkylation sites (tertiary alicyclic amines) is 1. The Balaban J connectivity index is 1.53. The van der Waals surface area contributed by atoms with E-state index >= 15 is 0 Å². The molecule has 4 nitrogen and oxygen atoms in total. The summed E-state index contributed by atoms with van der Waals surface area (Å²) >= 11 is 0. The molecule has 2 atom stereocenters. The van der Waals surface area contributed by atoms with Crippen LogP contribution in [0.4, 0.5) is 0 Å². The van der Waals surface area contributed by atoms with Crippen molar-refractivity contribution in [3.63, 3.8) is 0 Å². The van der Waals surface area contributed by atoms with Crippen LogP contribution in [-0.4, -0.2) is 44.2 Å². The summed E-state index contributed by atoms with van der Waals surface area (Å²) in [6.45, 7) is 3.07. The summed E-state index contributed by atoms with van der Waals surface area (Å²) in [6.07, 6.45) is 4.06. The molecule has 21 heavy (non-hydrogen) atoms. The Morgan fingerprint density at radius 3 is 2.76 bits per heavy atom. The monoisotopic (exact) mass is 306 g/mol. The van der Waals surface area contributed by atoms with Crippen LogP contribution >= 0.6 is 0 Å². The third kappa shape index (κ3) is 4.15. The van der Waals surface area contributed by atoms with Gasteiger partial charge in [-0.1, -0.05) is 36.4 Å². The van der Waals surface area contributed by atoms with E-state index in [1.54, 1.807) is 6.08 Å². The molecule has 1 aromatic rings. The number of nitrogens with zero attached hydrogens (tertiary/aromatic N) is 1. The summed E-state index contributed by atoms with van der Waals surface area (Å²) in [5, 5.41) is 4.82. The van der Waals surface area contributed by atoms with Gasteiger partial charge in [-0.05, 0) is 24.9 Å². The Kier molecular flexibility index (Phi) is 4.42. The minimum absolute atomic E-state index is 0.0170. The van der Waals surface area contributed by atoms with Crippen molar-refractivity contribution < 1.29 is 8.42 Å². The highest BCUT2D eigenvalue weighted by molar-refractivity contribution is 7.94. The second-order valence-electron chi connectivity index (χ2n) is 5.99. The minimum atomic E-state index is -2.96. The molecule has 0 radical (unpaired) electrons. The lowest BCUT2D eigenvalue weighted by molar-refractivity contribution is 0.181. The predicted octanol–water partition coefficient (Wildman–Crippen LogP) is 1.55. The average Bonchev–Trinajstić information content (AvgIpc) is 2.79. The SMILES string of the molecule is O=S1(=O)C=CC(NC2CCCN(Cc3ccccc3)C2)C1. The summed E-state index contributed by atoms with van der Waals surface area (Å²) in [6, 6.07) is 10.9. The number of benzene rings is 1. The molecule has 2 unspecified atom stereocenters. The van der Waals surface area contributed by atoms with Crippen molar-refractivity contribution in [2.45, 2.75) is 31.5 Å². The van der Waals surface area contributed by atoms with E-state index < -0.39 is 9.84 Å². The van der Waals surface area contributed by atoms with Crippen LogP contribution in [0.25, 0.3) is 0 Å². The van der Waals surface area contributed by atoms with Crippen LogP contribution in [-0.2, 0) is 16.4 Å². The van der Waals surface area contributed by atoms with Crippen LogP contribution in [0, 0.1) is 0 Å². The average molecular weight is 306 g/mol. The molecule has 2 aliphatic heterocycles. The lowest BCUT2D eigenvalue weighted by atomic mass is 10.0. The molecule has 1 saturated heterocycles. The number of hydrogen-bond acceptors (Lipinski definition) is 4. The first-order valence-electron chi connectivity index (χ1n) is 7.54. The molecule has 114 valence electrons. The van der Waals surface area contributed by atoms with Gasteiger partial charge in [-0.25, -0.2) is 8.42 Å². The number of hydrogen-bond donors (Lipinski definition) is 1. The van der Waals surface area contributed by atoms with E-state index in [-0.39, 0.29) is 11.8 Å². The van der Waals surface area contributed by atoms with E-state index in [2.05, 4.69) is 34.5 Å². The molecule has 5 heteroatoms. The lowest BCUT2D eigenvalue weighted by Crippen LogP contribution is -2.49. The van der Waals surface area contributed by atoms with Gasteiger partial charge in [-0.2, -0.15) is 0 Å². The molecule has 2 heterocycles. The molecule has 0 aromatic heterocycles. The molecule has 0 bridgehead atoms. The molecule has 2 aliphatic rings. The highest BCUT2D eigenvalue weighted by atomic mass is 32.2. The van der Waals surface area contributed by atoms with E-state index in [0.717, 1.165) is 32.5 Å². The molecule has 1 N–H and O–H groups in total. The van der Waals surface area contributed by atoms with Crippen LogP contribution in [0.1, 0.15) is 18.4 Å². The van der Waals surface area contributed by atoms with E-state index in [0.29, 0.717) is 6.04 Å².